The van der Waals surface area contributed by atoms with Crippen molar-refractivity contribution in [1.82, 2.24) is 20.7 Å². The van der Waals surface area contributed by atoms with Crippen molar-refractivity contribution in [3.63, 3.8) is 0 Å². The number of hydrogen-bond donors (Lipinski definition) is 3. The van der Waals surface area contributed by atoms with Crippen molar-refractivity contribution in [1.29, 1.82) is 0 Å². The minimum Gasteiger partial charge on any atom is -0.373 e. The van der Waals surface area contributed by atoms with Gasteiger partial charge in [-0.05, 0) is 63.6 Å². The van der Waals surface area contributed by atoms with Crippen molar-refractivity contribution in [3.05, 3.63) is 53.4 Å². The zero-order chi connectivity index (χ0) is 22.0. The molecule has 1 aliphatic carbocycles. The van der Waals surface area contributed by atoms with E-state index in [1.807, 2.05) is 12.1 Å². The molecule has 32 heavy (non-hydrogen) atoms. The number of aliphatic hydroxyl groups excluding tert-OH is 1. The molecule has 5 rings (SSSR count). The zero-order valence-corrected chi connectivity index (χ0v) is 18.6. The second-order valence-electron chi connectivity index (χ2n) is 9.76. The van der Waals surface area contributed by atoms with Gasteiger partial charge in [0.25, 0.3) is 0 Å². The molecule has 1 amide bonds. The average molecular weight is 439 g/mol. The highest BCUT2D eigenvalue weighted by atomic mass is 16.5. The summed E-state index contributed by atoms with van der Waals surface area (Å²) in [6.45, 7) is 3.23. The summed E-state index contributed by atoms with van der Waals surface area (Å²) >= 11 is 0. The van der Waals surface area contributed by atoms with Crippen LogP contribution in [-0.2, 0) is 11.2 Å². The fourth-order valence-electron chi connectivity index (χ4n) is 5.24. The average Bonchev–Trinajstić information content (AvgIpc) is 3.56. The van der Waals surface area contributed by atoms with Gasteiger partial charge in [-0.3, -0.25) is 10.1 Å². The van der Waals surface area contributed by atoms with Crippen LogP contribution in [0.3, 0.4) is 0 Å². The predicted octanol–water partition coefficient (Wildman–Crippen LogP) is 2.74. The summed E-state index contributed by atoms with van der Waals surface area (Å²) in [4.78, 5) is 15.8. The van der Waals surface area contributed by atoms with Crippen molar-refractivity contribution in [2.24, 2.45) is 5.41 Å². The molecule has 1 aromatic heterocycles. The molecule has 1 unspecified atom stereocenters. The number of rotatable bonds is 7. The maximum Gasteiger partial charge on any atom is 0.229 e. The van der Waals surface area contributed by atoms with E-state index in [0.29, 0.717) is 17.5 Å². The van der Waals surface area contributed by atoms with Crippen LogP contribution in [0.5, 0.6) is 0 Å². The molecule has 0 spiro atoms. The SMILES string of the molecule is O=C(N1CCC(NC(O)c2cc(C3CC3)on2)CC1)C1(Cc2ccccc2)CCNCC1. The molecule has 0 bridgehead atoms. The van der Waals surface area contributed by atoms with Crippen LogP contribution in [0.15, 0.2) is 40.9 Å². The molecule has 2 aliphatic heterocycles. The smallest absolute Gasteiger partial charge is 0.229 e. The first-order chi connectivity index (χ1) is 15.6. The Kier molecular flexibility index (Phi) is 6.31. The lowest BCUT2D eigenvalue weighted by atomic mass is 9.72. The van der Waals surface area contributed by atoms with Gasteiger partial charge in [0.15, 0.2) is 6.23 Å². The minimum absolute atomic E-state index is 0.160. The molecular weight excluding hydrogens is 404 g/mol. The lowest BCUT2D eigenvalue weighted by Gasteiger charge is -2.42. The van der Waals surface area contributed by atoms with Crippen LogP contribution in [0.25, 0.3) is 0 Å². The molecule has 2 aromatic rings. The van der Waals surface area contributed by atoms with E-state index >= 15 is 0 Å². The lowest BCUT2D eigenvalue weighted by Crippen LogP contribution is -2.54. The van der Waals surface area contributed by atoms with Crippen LogP contribution >= 0.6 is 0 Å². The Labute approximate surface area is 189 Å². The maximum atomic E-state index is 13.7. The van der Waals surface area contributed by atoms with Gasteiger partial charge in [-0.2, -0.15) is 0 Å². The summed E-state index contributed by atoms with van der Waals surface area (Å²) in [7, 11) is 0. The predicted molar refractivity (Wildman–Crippen MR) is 121 cm³/mol. The van der Waals surface area contributed by atoms with Crippen LogP contribution < -0.4 is 10.6 Å². The summed E-state index contributed by atoms with van der Waals surface area (Å²) in [5, 5.41) is 21.3. The van der Waals surface area contributed by atoms with Crippen LogP contribution in [0, 0.1) is 5.41 Å². The number of benzene rings is 1. The molecule has 0 radical (unpaired) electrons. The standard InChI is InChI=1S/C25H34N4O3/c30-23(21-16-22(32-28-21)19-6-7-19)27-20-8-14-29(15-9-20)24(31)25(10-12-26-13-11-25)17-18-4-2-1-3-5-18/h1-5,16,19-20,23,26-27,30H,6-15,17H2. The van der Waals surface area contributed by atoms with E-state index in [2.05, 4.69) is 45.0 Å². The Morgan fingerprint density at radius 3 is 2.59 bits per heavy atom. The number of nitrogens with zero attached hydrogens (tertiary/aromatic N) is 2. The third kappa shape index (κ3) is 4.75. The van der Waals surface area contributed by atoms with Gasteiger partial charge in [0, 0.05) is 31.1 Å². The van der Waals surface area contributed by atoms with E-state index in [4.69, 9.17) is 4.52 Å². The van der Waals surface area contributed by atoms with E-state index in [1.165, 1.54) is 5.56 Å². The molecule has 172 valence electrons. The second-order valence-corrected chi connectivity index (χ2v) is 9.76. The van der Waals surface area contributed by atoms with E-state index in [9.17, 15) is 9.90 Å². The largest absolute Gasteiger partial charge is 0.373 e. The zero-order valence-electron chi connectivity index (χ0n) is 18.6. The summed E-state index contributed by atoms with van der Waals surface area (Å²) in [6.07, 6.45) is 5.69. The third-order valence-electron chi connectivity index (χ3n) is 7.38. The van der Waals surface area contributed by atoms with Crippen molar-refractivity contribution in [3.8, 4) is 0 Å². The number of aliphatic hydroxyl groups is 1. The Bertz CT molecular complexity index is 897. The summed E-state index contributed by atoms with van der Waals surface area (Å²) in [6, 6.07) is 12.4. The van der Waals surface area contributed by atoms with Gasteiger partial charge in [-0.15, -0.1) is 0 Å². The number of carbonyl (C=O) groups excluding carboxylic acids is 1. The normalized spacial score (nSPS) is 22.6. The van der Waals surface area contributed by atoms with Crippen molar-refractivity contribution in [2.75, 3.05) is 26.2 Å². The van der Waals surface area contributed by atoms with Gasteiger partial charge in [-0.1, -0.05) is 35.5 Å². The van der Waals surface area contributed by atoms with E-state index in [-0.39, 0.29) is 11.5 Å². The Morgan fingerprint density at radius 1 is 1.19 bits per heavy atom. The number of likely N-dealkylation sites (tertiary alicyclic amines) is 1. The van der Waals surface area contributed by atoms with Gasteiger partial charge in [0.1, 0.15) is 11.5 Å². The summed E-state index contributed by atoms with van der Waals surface area (Å²) < 4.78 is 5.37. The number of amides is 1. The molecule has 1 atom stereocenters. The van der Waals surface area contributed by atoms with Crippen LogP contribution in [0.2, 0.25) is 0 Å². The summed E-state index contributed by atoms with van der Waals surface area (Å²) in [5.41, 5.74) is 1.48. The van der Waals surface area contributed by atoms with Crippen molar-refractivity contribution >= 4 is 5.91 Å². The highest BCUT2D eigenvalue weighted by Crippen LogP contribution is 2.40. The van der Waals surface area contributed by atoms with Gasteiger partial charge in [0.2, 0.25) is 5.91 Å². The number of nitrogens with one attached hydrogen (secondary N) is 2. The van der Waals surface area contributed by atoms with Gasteiger partial charge < -0.3 is 19.8 Å². The molecule has 1 aromatic carbocycles. The Morgan fingerprint density at radius 2 is 1.91 bits per heavy atom. The van der Waals surface area contributed by atoms with Gasteiger partial charge >= 0.3 is 0 Å². The highest BCUT2D eigenvalue weighted by Gasteiger charge is 2.43. The molecule has 3 aliphatic rings. The molecule has 3 N–H and O–H groups in total. The van der Waals surface area contributed by atoms with Crippen LogP contribution in [-0.4, -0.2) is 53.3 Å². The van der Waals surface area contributed by atoms with Crippen molar-refractivity contribution < 1.29 is 14.4 Å². The molecule has 1 saturated carbocycles. The van der Waals surface area contributed by atoms with Gasteiger partial charge in [-0.25, -0.2) is 0 Å². The van der Waals surface area contributed by atoms with Crippen LogP contribution in [0.4, 0.5) is 0 Å². The van der Waals surface area contributed by atoms with E-state index in [0.717, 1.165) is 76.9 Å². The van der Waals surface area contributed by atoms with E-state index < -0.39 is 6.23 Å². The third-order valence-corrected chi connectivity index (χ3v) is 7.38. The first-order valence-electron chi connectivity index (χ1n) is 12.1. The quantitative estimate of drug-likeness (QED) is 0.576. The molecule has 2 saturated heterocycles. The number of hydrogen-bond acceptors (Lipinski definition) is 6. The first-order valence-corrected chi connectivity index (χ1v) is 12.1. The first kappa shape index (κ1) is 21.6. The molecule has 7 nitrogen and oxygen atoms in total. The minimum atomic E-state index is -0.827. The maximum absolute atomic E-state index is 13.7. The van der Waals surface area contributed by atoms with Gasteiger partial charge in [0.05, 0.1) is 5.41 Å². The Hall–Kier alpha value is -2.22. The number of carbonyl (C=O) groups is 1. The molecule has 3 heterocycles. The lowest BCUT2D eigenvalue weighted by molar-refractivity contribution is -0.145. The fourth-order valence-corrected chi connectivity index (χ4v) is 5.24. The van der Waals surface area contributed by atoms with Crippen molar-refractivity contribution in [2.45, 2.75) is 63.1 Å². The molecule has 7 heteroatoms. The Balaban J connectivity index is 1.18. The van der Waals surface area contributed by atoms with E-state index in [1.54, 1.807) is 0 Å². The fraction of sp³-hybridized carbons (Fsp3) is 0.600. The molecule has 3 fully saturated rings. The highest BCUT2D eigenvalue weighted by molar-refractivity contribution is 5.83. The molecular formula is C25H34N4O3. The second kappa shape index (κ2) is 9.33. The van der Waals surface area contributed by atoms with Crippen LogP contribution in [0.1, 0.15) is 67.7 Å². The number of piperidine rings is 2. The number of aromatic nitrogens is 1. The topological polar surface area (TPSA) is 90.6 Å². The summed E-state index contributed by atoms with van der Waals surface area (Å²) in [5.74, 6) is 1.66. The monoisotopic (exact) mass is 438 g/mol.